The summed E-state index contributed by atoms with van der Waals surface area (Å²) in [6.07, 6.45) is 5.75. The lowest BCUT2D eigenvalue weighted by molar-refractivity contribution is 0.907. The highest BCUT2D eigenvalue weighted by atomic mass is 15.1. The Hall–Kier alpha value is -1.61. The summed E-state index contributed by atoms with van der Waals surface area (Å²) < 4.78 is 2.18. The van der Waals surface area contributed by atoms with E-state index in [1.54, 1.807) is 6.20 Å². The van der Waals surface area contributed by atoms with Crippen molar-refractivity contribution in [3.05, 3.63) is 48.5 Å². The third-order valence-electron chi connectivity index (χ3n) is 2.47. The van der Waals surface area contributed by atoms with Crippen molar-refractivity contribution in [2.75, 3.05) is 6.54 Å². The van der Waals surface area contributed by atoms with E-state index in [0.29, 0.717) is 6.04 Å². The van der Waals surface area contributed by atoms with Gasteiger partial charge in [0.15, 0.2) is 0 Å². The minimum Gasteiger partial charge on any atom is -0.318 e. The molecule has 14 heavy (non-hydrogen) atoms. The summed E-state index contributed by atoms with van der Waals surface area (Å²) in [5.74, 6) is 0. The molecule has 0 aromatic carbocycles. The fourth-order valence-electron chi connectivity index (χ4n) is 1.68. The van der Waals surface area contributed by atoms with Gasteiger partial charge in [0, 0.05) is 24.6 Å². The minimum atomic E-state index is 0.533. The average Bonchev–Trinajstić information content (AvgIpc) is 2.98. The van der Waals surface area contributed by atoms with Gasteiger partial charge < -0.3 is 9.88 Å². The molecule has 0 radical (unpaired) electrons. The summed E-state index contributed by atoms with van der Waals surface area (Å²) in [6.45, 7) is 1.09. The zero-order chi connectivity index (χ0) is 9.38. The van der Waals surface area contributed by atoms with E-state index >= 15 is 0 Å². The quantitative estimate of drug-likeness (QED) is 0.720. The molecule has 1 aliphatic heterocycles. The first-order chi connectivity index (χ1) is 6.95. The highest BCUT2D eigenvalue weighted by molar-refractivity contribution is 5.34. The summed E-state index contributed by atoms with van der Waals surface area (Å²) in [7, 11) is 0. The van der Waals surface area contributed by atoms with Crippen LogP contribution in [0.15, 0.2) is 42.9 Å². The smallest absolute Gasteiger partial charge is 0.0636 e. The lowest BCUT2D eigenvalue weighted by Crippen LogP contribution is -1.99. The fourth-order valence-corrected chi connectivity index (χ4v) is 1.68. The Morgan fingerprint density at radius 1 is 1.36 bits per heavy atom. The average molecular weight is 185 g/mol. The molecule has 3 nitrogen and oxygen atoms in total. The Labute approximate surface area is 82.4 Å². The van der Waals surface area contributed by atoms with Crippen LogP contribution in [0.1, 0.15) is 11.7 Å². The SMILES string of the molecule is c1cncc(-n2cccc2[C@@H]2CN2)c1. The highest BCUT2D eigenvalue weighted by Gasteiger charge is 2.25. The Morgan fingerprint density at radius 2 is 2.29 bits per heavy atom. The largest absolute Gasteiger partial charge is 0.318 e. The first kappa shape index (κ1) is 7.76. The van der Waals surface area contributed by atoms with Crippen molar-refractivity contribution in [2.24, 2.45) is 0 Å². The molecule has 1 saturated heterocycles. The van der Waals surface area contributed by atoms with Gasteiger partial charge in [-0.3, -0.25) is 4.98 Å². The number of nitrogens with zero attached hydrogens (tertiary/aromatic N) is 2. The second-order valence-electron chi connectivity index (χ2n) is 3.48. The number of hydrogen-bond acceptors (Lipinski definition) is 2. The molecule has 1 atom stereocenters. The monoisotopic (exact) mass is 185 g/mol. The molecule has 0 saturated carbocycles. The third kappa shape index (κ3) is 1.22. The summed E-state index contributed by atoms with van der Waals surface area (Å²) in [5, 5.41) is 3.31. The summed E-state index contributed by atoms with van der Waals surface area (Å²) in [6, 6.07) is 8.78. The molecular weight excluding hydrogens is 174 g/mol. The van der Waals surface area contributed by atoms with Crippen molar-refractivity contribution in [3.8, 4) is 5.69 Å². The van der Waals surface area contributed by atoms with Gasteiger partial charge in [-0.15, -0.1) is 0 Å². The molecule has 3 heterocycles. The Kier molecular flexibility index (Phi) is 1.64. The Morgan fingerprint density at radius 3 is 3.00 bits per heavy atom. The van der Waals surface area contributed by atoms with E-state index in [2.05, 4.69) is 39.3 Å². The van der Waals surface area contributed by atoms with Crippen molar-refractivity contribution in [1.29, 1.82) is 0 Å². The maximum Gasteiger partial charge on any atom is 0.0636 e. The van der Waals surface area contributed by atoms with Crippen LogP contribution in [-0.4, -0.2) is 16.1 Å². The van der Waals surface area contributed by atoms with Gasteiger partial charge >= 0.3 is 0 Å². The normalized spacial score (nSPS) is 19.6. The molecule has 0 spiro atoms. The summed E-state index contributed by atoms with van der Waals surface area (Å²) in [4.78, 5) is 4.12. The third-order valence-corrected chi connectivity index (χ3v) is 2.47. The zero-order valence-corrected chi connectivity index (χ0v) is 7.72. The van der Waals surface area contributed by atoms with Crippen molar-refractivity contribution in [3.63, 3.8) is 0 Å². The van der Waals surface area contributed by atoms with Gasteiger partial charge in [-0.05, 0) is 24.3 Å². The topological polar surface area (TPSA) is 39.8 Å². The summed E-state index contributed by atoms with van der Waals surface area (Å²) in [5.41, 5.74) is 2.44. The highest BCUT2D eigenvalue weighted by Crippen LogP contribution is 2.24. The maximum atomic E-state index is 4.12. The van der Waals surface area contributed by atoms with Gasteiger partial charge in [0.2, 0.25) is 0 Å². The van der Waals surface area contributed by atoms with Crippen LogP contribution < -0.4 is 5.32 Å². The molecule has 0 amide bonds. The number of pyridine rings is 1. The lowest BCUT2D eigenvalue weighted by Gasteiger charge is -2.06. The van der Waals surface area contributed by atoms with Crippen molar-refractivity contribution in [2.45, 2.75) is 6.04 Å². The number of hydrogen-bond donors (Lipinski definition) is 1. The van der Waals surface area contributed by atoms with Gasteiger partial charge in [-0.1, -0.05) is 0 Å². The lowest BCUT2D eigenvalue weighted by atomic mass is 10.3. The molecule has 3 rings (SSSR count). The number of rotatable bonds is 2. The predicted molar refractivity (Wildman–Crippen MR) is 54.3 cm³/mol. The van der Waals surface area contributed by atoms with Crippen LogP contribution in [0.5, 0.6) is 0 Å². The van der Waals surface area contributed by atoms with Crippen molar-refractivity contribution in [1.82, 2.24) is 14.9 Å². The Bertz CT molecular complexity index is 429. The van der Waals surface area contributed by atoms with Crippen LogP contribution in [0.25, 0.3) is 5.69 Å². The van der Waals surface area contributed by atoms with Crippen LogP contribution in [0, 0.1) is 0 Å². The zero-order valence-electron chi connectivity index (χ0n) is 7.72. The van der Waals surface area contributed by atoms with E-state index < -0.39 is 0 Å². The molecule has 0 bridgehead atoms. The molecule has 0 unspecified atom stereocenters. The molecule has 2 aromatic rings. The molecule has 1 N–H and O–H groups in total. The molecule has 70 valence electrons. The van der Waals surface area contributed by atoms with Gasteiger partial charge in [0.25, 0.3) is 0 Å². The van der Waals surface area contributed by atoms with E-state index in [1.807, 2.05) is 12.3 Å². The number of nitrogens with one attached hydrogen (secondary N) is 1. The van der Waals surface area contributed by atoms with E-state index in [9.17, 15) is 0 Å². The van der Waals surface area contributed by atoms with Crippen LogP contribution in [0.4, 0.5) is 0 Å². The summed E-state index contributed by atoms with van der Waals surface area (Å²) >= 11 is 0. The predicted octanol–water partition coefficient (Wildman–Crippen LogP) is 1.52. The van der Waals surface area contributed by atoms with Crippen molar-refractivity contribution < 1.29 is 0 Å². The molecule has 1 aliphatic rings. The first-order valence-electron chi connectivity index (χ1n) is 4.76. The van der Waals surface area contributed by atoms with Gasteiger partial charge in [0.05, 0.1) is 17.9 Å². The molecule has 2 aromatic heterocycles. The fraction of sp³-hybridized carbons (Fsp3) is 0.182. The van der Waals surface area contributed by atoms with Gasteiger partial charge in [0.1, 0.15) is 0 Å². The van der Waals surface area contributed by atoms with Gasteiger partial charge in [-0.25, -0.2) is 0 Å². The Balaban J connectivity index is 2.07. The molecule has 3 heteroatoms. The standard InChI is InChI=1S/C11H11N3/c1-3-9(7-12-5-1)14-6-2-4-11(14)10-8-13-10/h1-7,10,13H,8H2/t10-/m0/s1. The first-order valence-corrected chi connectivity index (χ1v) is 4.76. The van der Waals surface area contributed by atoms with Crippen LogP contribution in [0.2, 0.25) is 0 Å². The van der Waals surface area contributed by atoms with Gasteiger partial charge in [-0.2, -0.15) is 0 Å². The molecular formula is C11H11N3. The molecule has 1 fully saturated rings. The molecule has 0 aliphatic carbocycles. The number of aromatic nitrogens is 2. The maximum absolute atomic E-state index is 4.12. The second-order valence-corrected chi connectivity index (χ2v) is 3.48. The van der Waals surface area contributed by atoms with Crippen LogP contribution in [-0.2, 0) is 0 Å². The second kappa shape index (κ2) is 2.96. The van der Waals surface area contributed by atoms with E-state index in [-0.39, 0.29) is 0 Å². The van der Waals surface area contributed by atoms with E-state index in [4.69, 9.17) is 0 Å². The van der Waals surface area contributed by atoms with E-state index in [0.717, 1.165) is 12.2 Å². The minimum absolute atomic E-state index is 0.533. The van der Waals surface area contributed by atoms with Crippen LogP contribution >= 0.6 is 0 Å². The van der Waals surface area contributed by atoms with Crippen molar-refractivity contribution >= 4 is 0 Å². The van der Waals surface area contributed by atoms with Crippen LogP contribution in [0.3, 0.4) is 0 Å². The van der Waals surface area contributed by atoms with E-state index in [1.165, 1.54) is 5.69 Å².